The smallest absolute Gasteiger partial charge is 0.257 e. The summed E-state index contributed by atoms with van der Waals surface area (Å²) < 4.78 is 53.6. The first kappa shape index (κ1) is 21.1. The molecule has 2 aromatic rings. The van der Waals surface area contributed by atoms with Crippen LogP contribution in [-0.4, -0.2) is 62.1 Å². The van der Waals surface area contributed by atoms with Crippen molar-refractivity contribution < 1.29 is 22.0 Å². The van der Waals surface area contributed by atoms with Crippen molar-refractivity contribution in [1.82, 2.24) is 14.6 Å². The quantitative estimate of drug-likeness (QED) is 0.684. The first-order valence-corrected chi connectivity index (χ1v) is 10.9. The molecule has 7 nitrogen and oxygen atoms in total. The number of halogens is 2. The molecule has 1 amide bonds. The van der Waals surface area contributed by atoms with Gasteiger partial charge in [0, 0.05) is 38.9 Å². The first-order valence-electron chi connectivity index (χ1n) is 9.24. The van der Waals surface area contributed by atoms with E-state index in [0.717, 1.165) is 18.0 Å². The molecule has 0 aliphatic carbocycles. The van der Waals surface area contributed by atoms with E-state index in [1.807, 2.05) is 23.1 Å². The monoisotopic (exact) mass is 424 g/mol. The van der Waals surface area contributed by atoms with E-state index in [4.69, 9.17) is 0 Å². The topological polar surface area (TPSA) is 82.6 Å². The molecule has 1 saturated heterocycles. The van der Waals surface area contributed by atoms with Crippen LogP contribution in [0.5, 0.6) is 0 Å². The molecule has 1 aliphatic heterocycles. The summed E-state index contributed by atoms with van der Waals surface area (Å²) >= 11 is 0. The van der Waals surface area contributed by atoms with Gasteiger partial charge in [-0.2, -0.15) is 4.31 Å². The van der Waals surface area contributed by atoms with Crippen molar-refractivity contribution in [2.75, 3.05) is 43.4 Å². The Labute approximate surface area is 168 Å². The predicted molar refractivity (Wildman–Crippen MR) is 105 cm³/mol. The fourth-order valence-corrected chi connectivity index (χ4v) is 4.61. The zero-order valence-electron chi connectivity index (χ0n) is 15.7. The Morgan fingerprint density at radius 1 is 1.03 bits per heavy atom. The van der Waals surface area contributed by atoms with Crippen molar-refractivity contribution in [2.45, 2.75) is 6.42 Å². The number of carbonyl (C=O) groups excluding carboxylic acids is 1. The molecule has 0 atom stereocenters. The number of nitrogens with zero attached hydrogens (tertiary/aromatic N) is 3. The third-order valence-corrected chi connectivity index (χ3v) is 6.62. The summed E-state index contributed by atoms with van der Waals surface area (Å²) in [4.78, 5) is 18.2. The highest BCUT2D eigenvalue weighted by molar-refractivity contribution is 7.89. The number of benzene rings is 1. The minimum Gasteiger partial charge on any atom is -0.354 e. The zero-order valence-corrected chi connectivity index (χ0v) is 16.5. The molecule has 0 spiro atoms. The maximum atomic E-state index is 13.6. The second kappa shape index (κ2) is 9.27. The van der Waals surface area contributed by atoms with E-state index in [1.54, 1.807) is 6.20 Å². The summed E-state index contributed by atoms with van der Waals surface area (Å²) in [6.07, 6.45) is 1.84. The van der Waals surface area contributed by atoms with Crippen LogP contribution in [0.3, 0.4) is 0 Å². The fraction of sp³-hybridized carbons (Fsp3) is 0.368. The van der Waals surface area contributed by atoms with Crippen LogP contribution >= 0.6 is 0 Å². The zero-order chi connectivity index (χ0) is 20.9. The van der Waals surface area contributed by atoms with Crippen LogP contribution in [-0.2, 0) is 10.0 Å². The van der Waals surface area contributed by atoms with Crippen LogP contribution in [0.15, 0.2) is 42.6 Å². The predicted octanol–water partition coefficient (Wildman–Crippen LogP) is 1.63. The Morgan fingerprint density at radius 2 is 1.72 bits per heavy atom. The van der Waals surface area contributed by atoms with Crippen molar-refractivity contribution in [3.05, 3.63) is 59.8 Å². The van der Waals surface area contributed by atoms with Crippen molar-refractivity contribution in [3.63, 3.8) is 0 Å². The second-order valence-corrected chi connectivity index (χ2v) is 8.68. The lowest BCUT2D eigenvalue weighted by Gasteiger charge is -2.34. The van der Waals surface area contributed by atoms with Gasteiger partial charge < -0.3 is 10.2 Å². The third-order valence-electron chi connectivity index (χ3n) is 4.66. The SMILES string of the molecule is O=C(NCCCS(=O)(=O)N1CCN(c2ccccn2)CC1)c1c(F)cccc1F. The molecule has 3 rings (SSSR count). The van der Waals surface area contributed by atoms with Crippen molar-refractivity contribution in [3.8, 4) is 0 Å². The Bertz CT molecular complexity index is 929. The number of piperazine rings is 1. The number of aromatic nitrogens is 1. The number of nitrogens with one attached hydrogen (secondary N) is 1. The minimum absolute atomic E-state index is 0.000260. The van der Waals surface area contributed by atoms with Crippen molar-refractivity contribution in [1.29, 1.82) is 0 Å². The van der Waals surface area contributed by atoms with Gasteiger partial charge in [0.2, 0.25) is 10.0 Å². The summed E-state index contributed by atoms with van der Waals surface area (Å²) in [5.41, 5.74) is -0.666. The van der Waals surface area contributed by atoms with E-state index in [2.05, 4.69) is 10.3 Å². The molecule has 1 aliphatic rings. The molecule has 1 aromatic heterocycles. The van der Waals surface area contributed by atoms with Gasteiger partial charge in [0.15, 0.2) is 0 Å². The van der Waals surface area contributed by atoms with Gasteiger partial charge in [-0.3, -0.25) is 4.79 Å². The highest BCUT2D eigenvalue weighted by Crippen LogP contribution is 2.15. The third kappa shape index (κ3) is 5.27. The van der Waals surface area contributed by atoms with Crippen LogP contribution in [0.1, 0.15) is 16.8 Å². The standard InChI is InChI=1S/C19H22F2N4O3S/c20-15-5-3-6-16(21)18(15)19(26)23-9-4-14-29(27,28)25-12-10-24(11-13-25)17-7-1-2-8-22-17/h1-3,5-8H,4,9-14H2,(H,23,26). The normalized spacial score (nSPS) is 15.3. The second-order valence-electron chi connectivity index (χ2n) is 6.60. The van der Waals surface area contributed by atoms with Crippen molar-refractivity contribution in [2.24, 2.45) is 0 Å². The Morgan fingerprint density at radius 3 is 2.34 bits per heavy atom. The lowest BCUT2D eigenvalue weighted by atomic mass is 10.2. The molecular weight excluding hydrogens is 402 g/mol. The molecule has 1 N–H and O–H groups in total. The van der Waals surface area contributed by atoms with Crippen LogP contribution in [0.25, 0.3) is 0 Å². The molecular formula is C19H22F2N4O3S. The molecule has 0 radical (unpaired) electrons. The van der Waals surface area contributed by atoms with E-state index in [1.165, 1.54) is 10.4 Å². The van der Waals surface area contributed by atoms with Gasteiger partial charge >= 0.3 is 0 Å². The van der Waals surface area contributed by atoms with Gasteiger partial charge in [0.1, 0.15) is 23.0 Å². The largest absolute Gasteiger partial charge is 0.354 e. The lowest BCUT2D eigenvalue weighted by molar-refractivity contribution is 0.0945. The summed E-state index contributed by atoms with van der Waals surface area (Å²) in [7, 11) is -3.48. The van der Waals surface area contributed by atoms with Gasteiger partial charge in [-0.05, 0) is 30.7 Å². The summed E-state index contributed by atoms with van der Waals surface area (Å²) in [5.74, 6) is -2.16. The summed E-state index contributed by atoms with van der Waals surface area (Å²) in [6, 6.07) is 8.74. The van der Waals surface area contributed by atoms with Gasteiger partial charge in [0.05, 0.1) is 5.75 Å². The number of anilines is 1. The number of sulfonamides is 1. The number of carbonyl (C=O) groups is 1. The van der Waals surface area contributed by atoms with E-state index in [9.17, 15) is 22.0 Å². The Balaban J connectivity index is 1.45. The van der Waals surface area contributed by atoms with E-state index in [0.29, 0.717) is 26.2 Å². The molecule has 10 heteroatoms. The minimum atomic E-state index is -3.48. The van der Waals surface area contributed by atoms with E-state index in [-0.39, 0.29) is 18.7 Å². The number of hydrogen-bond acceptors (Lipinski definition) is 5. The molecule has 0 saturated carbocycles. The molecule has 2 heterocycles. The van der Waals surface area contributed by atoms with Gasteiger partial charge in [-0.15, -0.1) is 0 Å². The van der Waals surface area contributed by atoms with Crippen LogP contribution in [0.2, 0.25) is 0 Å². The summed E-state index contributed by atoms with van der Waals surface area (Å²) in [5, 5.41) is 2.37. The lowest BCUT2D eigenvalue weighted by Crippen LogP contribution is -2.49. The maximum Gasteiger partial charge on any atom is 0.257 e. The highest BCUT2D eigenvalue weighted by atomic mass is 32.2. The number of rotatable bonds is 7. The Kier molecular flexibility index (Phi) is 6.75. The molecule has 0 bridgehead atoms. The van der Waals surface area contributed by atoms with Gasteiger partial charge in [-0.1, -0.05) is 12.1 Å². The average molecular weight is 424 g/mol. The fourth-order valence-electron chi connectivity index (χ4n) is 3.12. The number of amides is 1. The number of hydrogen-bond donors (Lipinski definition) is 1. The molecule has 1 aromatic carbocycles. The maximum absolute atomic E-state index is 13.6. The Hall–Kier alpha value is -2.59. The molecule has 156 valence electrons. The average Bonchev–Trinajstić information content (AvgIpc) is 2.72. The first-order chi connectivity index (χ1) is 13.9. The van der Waals surface area contributed by atoms with Gasteiger partial charge in [-0.25, -0.2) is 22.2 Å². The highest BCUT2D eigenvalue weighted by Gasteiger charge is 2.27. The van der Waals surface area contributed by atoms with Crippen molar-refractivity contribution >= 4 is 21.7 Å². The van der Waals surface area contributed by atoms with Crippen LogP contribution in [0, 0.1) is 11.6 Å². The van der Waals surface area contributed by atoms with Gasteiger partial charge in [0.25, 0.3) is 5.91 Å². The molecule has 0 unspecified atom stereocenters. The van der Waals surface area contributed by atoms with Crippen LogP contribution in [0.4, 0.5) is 14.6 Å². The number of pyridine rings is 1. The van der Waals surface area contributed by atoms with E-state index < -0.39 is 33.1 Å². The molecule has 29 heavy (non-hydrogen) atoms. The van der Waals surface area contributed by atoms with E-state index >= 15 is 0 Å². The molecule has 1 fully saturated rings. The van der Waals surface area contributed by atoms with Crippen LogP contribution < -0.4 is 10.2 Å². The summed E-state index contributed by atoms with van der Waals surface area (Å²) in [6.45, 7) is 1.79.